The van der Waals surface area contributed by atoms with Crippen LogP contribution in [0.25, 0.3) is 0 Å². The van der Waals surface area contributed by atoms with E-state index in [4.69, 9.17) is 33.2 Å². The zero-order chi connectivity index (χ0) is 43.6. The Morgan fingerprint density at radius 2 is 1.05 bits per heavy atom. The van der Waals surface area contributed by atoms with Crippen LogP contribution in [0.5, 0.6) is 0 Å². The van der Waals surface area contributed by atoms with Gasteiger partial charge in [0.1, 0.15) is 97.3 Å². The zero-order valence-electron chi connectivity index (χ0n) is 33.5. The largest absolute Gasteiger partial charge is 0.394 e. The number of carbonyl (C=O) groups is 1. The van der Waals surface area contributed by atoms with Crippen molar-refractivity contribution in [1.82, 2.24) is 4.90 Å². The molecule has 4 fully saturated rings. The van der Waals surface area contributed by atoms with Crippen LogP contribution >= 0.6 is 0 Å². The molecule has 0 aromatic carbocycles. The predicted octanol–water partition coefficient (Wildman–Crippen LogP) is -6.06. The molecular weight excluding hydrogens is 794 g/mol. The number of hydrogen-bond donors (Lipinski definition) is 13. The number of carbonyl (C=O) groups excluding carboxylic acids is 1. The van der Waals surface area contributed by atoms with Crippen LogP contribution in [-0.4, -0.2) is 246 Å². The van der Waals surface area contributed by atoms with E-state index in [1.165, 1.54) is 6.92 Å². The van der Waals surface area contributed by atoms with Crippen LogP contribution in [0.3, 0.4) is 0 Å². The molecule has 0 aliphatic carbocycles. The third-order valence-electron chi connectivity index (χ3n) is 11.4. The third-order valence-corrected chi connectivity index (χ3v) is 11.4. The lowest BCUT2D eigenvalue weighted by atomic mass is 9.93. The monoisotopic (exact) mass is 861 g/mol. The summed E-state index contributed by atoms with van der Waals surface area (Å²) in [5.41, 5.74) is 0. The maximum Gasteiger partial charge on any atom is 0.187 e. The highest BCUT2D eigenvalue weighted by molar-refractivity contribution is 5.75. The van der Waals surface area contributed by atoms with Crippen molar-refractivity contribution in [3.63, 3.8) is 0 Å². The molecule has 4 heterocycles. The van der Waals surface area contributed by atoms with Crippen molar-refractivity contribution in [2.75, 3.05) is 46.1 Å². The van der Waals surface area contributed by atoms with Gasteiger partial charge in [-0.25, -0.2) is 0 Å². The number of hydrogen-bond acceptors (Lipinski definition) is 22. The van der Waals surface area contributed by atoms with Gasteiger partial charge >= 0.3 is 0 Å². The Hall–Kier alpha value is -1.17. The van der Waals surface area contributed by atoms with Crippen molar-refractivity contribution in [2.24, 2.45) is 0 Å². The number of ketones is 1. The Bertz CT molecular complexity index is 1220. The maximum atomic E-state index is 11.4. The van der Waals surface area contributed by atoms with Crippen LogP contribution in [0.15, 0.2) is 0 Å². The number of ether oxygens (including phenoxy) is 7. The van der Waals surface area contributed by atoms with Crippen molar-refractivity contribution in [3.8, 4) is 0 Å². The molecule has 4 saturated heterocycles. The highest BCUT2D eigenvalue weighted by Gasteiger charge is 2.52. The van der Waals surface area contributed by atoms with E-state index in [-0.39, 0.29) is 12.4 Å². The topological polar surface area (TPSA) is 348 Å². The molecule has 0 bridgehead atoms. The average Bonchev–Trinajstić information content (AvgIpc) is 3.21. The molecule has 13 N–H and O–H groups in total. The maximum absolute atomic E-state index is 11.4. The fraction of sp³-hybridized carbons (Fsp3) is 0.973. The van der Waals surface area contributed by atoms with Crippen LogP contribution in [-0.2, 0) is 38.0 Å². The predicted molar refractivity (Wildman–Crippen MR) is 197 cm³/mol. The molecule has 4 aliphatic heterocycles. The SMILES string of the molecule is CC(=O)CCCCCN(CCCC[C@@H]1O[C@@H](C)[C@@H](O)[C@@H](O)[C@@H]1O)CCO[C@H]1O[C@H](CO[C@H]2O[C@H](CO)[C@@H](O)[C@H](O)[C@@H]2O)[C@@H](O)[C@H](O[C@H]2O[C@H](CO)[C@@H](O)[C@H](O)[C@@H]2O)[C@@H]1O. The second-order valence-electron chi connectivity index (χ2n) is 15.9. The van der Waals surface area contributed by atoms with Gasteiger partial charge in [-0.15, -0.1) is 0 Å². The summed E-state index contributed by atoms with van der Waals surface area (Å²) < 4.78 is 39.8. The molecule has 4 aliphatic rings. The zero-order valence-corrected chi connectivity index (χ0v) is 33.5. The number of unbranched alkanes of at least 4 members (excludes halogenated alkanes) is 3. The molecule has 22 heteroatoms. The number of aliphatic hydroxyl groups is 13. The van der Waals surface area contributed by atoms with Gasteiger partial charge in [0.25, 0.3) is 0 Å². The van der Waals surface area contributed by atoms with E-state index in [9.17, 15) is 71.2 Å². The minimum Gasteiger partial charge on any atom is -0.394 e. The van der Waals surface area contributed by atoms with Gasteiger partial charge in [-0.2, -0.15) is 0 Å². The minimum absolute atomic E-state index is 0.0512. The van der Waals surface area contributed by atoms with Crippen LogP contribution in [0.1, 0.15) is 58.8 Å². The summed E-state index contributed by atoms with van der Waals surface area (Å²) in [6.45, 7) is 2.46. The summed E-state index contributed by atoms with van der Waals surface area (Å²) in [5.74, 6) is 0.0937. The lowest BCUT2D eigenvalue weighted by Crippen LogP contribution is -2.65. The van der Waals surface area contributed by atoms with Gasteiger partial charge in [0.2, 0.25) is 0 Å². The Labute approximate surface area is 342 Å². The van der Waals surface area contributed by atoms with Gasteiger partial charge in [0, 0.05) is 13.0 Å². The molecule has 0 aromatic heterocycles. The van der Waals surface area contributed by atoms with E-state index in [1.54, 1.807) is 6.92 Å². The smallest absolute Gasteiger partial charge is 0.187 e. The van der Waals surface area contributed by atoms with Crippen LogP contribution < -0.4 is 0 Å². The first-order valence-electron chi connectivity index (χ1n) is 20.4. The average molecular weight is 862 g/mol. The summed E-state index contributed by atoms with van der Waals surface area (Å²) >= 11 is 0. The third kappa shape index (κ3) is 13.4. The summed E-state index contributed by atoms with van der Waals surface area (Å²) in [7, 11) is 0. The highest BCUT2D eigenvalue weighted by Crippen LogP contribution is 2.31. The van der Waals surface area contributed by atoms with E-state index in [2.05, 4.69) is 4.90 Å². The molecule has 0 spiro atoms. The van der Waals surface area contributed by atoms with E-state index in [0.29, 0.717) is 45.3 Å². The number of aliphatic hydroxyl groups excluding tert-OH is 13. The van der Waals surface area contributed by atoms with Crippen molar-refractivity contribution in [2.45, 2.75) is 181 Å². The first-order valence-corrected chi connectivity index (χ1v) is 20.4. The first-order chi connectivity index (χ1) is 28.0. The Balaban J connectivity index is 1.42. The Kier molecular flexibility index (Phi) is 20.6. The second-order valence-corrected chi connectivity index (χ2v) is 15.9. The molecule has 22 nitrogen and oxygen atoms in total. The number of Topliss-reactive ketones (excluding diaryl/α,β-unsaturated/α-hetero) is 1. The summed E-state index contributed by atoms with van der Waals surface area (Å²) in [4.78, 5) is 13.5. The first kappa shape index (κ1) is 50.5. The molecule has 0 radical (unpaired) electrons. The van der Waals surface area contributed by atoms with Gasteiger partial charge in [0.05, 0.1) is 38.6 Å². The lowest BCUT2D eigenvalue weighted by molar-refractivity contribution is -0.366. The summed E-state index contributed by atoms with van der Waals surface area (Å²) in [5, 5.41) is 135. The van der Waals surface area contributed by atoms with Crippen molar-refractivity contribution in [3.05, 3.63) is 0 Å². The molecule has 20 atom stereocenters. The van der Waals surface area contributed by atoms with E-state index in [1.807, 2.05) is 0 Å². The van der Waals surface area contributed by atoms with Crippen LogP contribution in [0.2, 0.25) is 0 Å². The number of rotatable bonds is 22. The summed E-state index contributed by atoms with van der Waals surface area (Å²) in [6.07, 6.45) is -25.6. The van der Waals surface area contributed by atoms with Crippen LogP contribution in [0.4, 0.5) is 0 Å². The quantitative estimate of drug-likeness (QED) is 0.0451. The van der Waals surface area contributed by atoms with Crippen molar-refractivity contribution >= 4 is 5.78 Å². The molecule has 0 unspecified atom stereocenters. The molecule has 4 rings (SSSR count). The highest BCUT2D eigenvalue weighted by atomic mass is 16.7. The van der Waals surface area contributed by atoms with Gasteiger partial charge in [0.15, 0.2) is 18.9 Å². The van der Waals surface area contributed by atoms with E-state index in [0.717, 1.165) is 19.3 Å². The van der Waals surface area contributed by atoms with Gasteiger partial charge in [-0.05, 0) is 59.0 Å². The normalized spacial score (nSPS) is 43.3. The Morgan fingerprint density at radius 1 is 0.525 bits per heavy atom. The standard InChI is InChI=1S/C37H67NO21/c1-17(41)8-4-3-6-10-38(11-7-5-9-19-24(43)28(47)23(42)18(2)55-19)12-13-53-36-33(52)34(59-37-32(51)30(49)26(45)21(15-40)57-37)27(46)22(58-36)16-54-35-31(50)29(48)25(44)20(14-39)56-35/h18-37,39-40,42-52H,3-16H2,1-2H3/t18-,19-,20+,21+,22+,23+,24+,25+,26+,27+,28+,29-,30-,31-,32-,33-,34-,35-,36-,37+/m0/s1. The molecule has 0 aromatic rings. The molecule has 346 valence electrons. The van der Waals surface area contributed by atoms with E-state index < -0.39 is 142 Å². The van der Waals surface area contributed by atoms with Gasteiger partial charge < -0.3 is 109 Å². The lowest BCUT2D eigenvalue weighted by Gasteiger charge is -2.46. The fourth-order valence-electron chi connectivity index (χ4n) is 7.64. The molecular formula is C37H67NO21. The minimum atomic E-state index is -1.89. The Morgan fingerprint density at radius 3 is 1.66 bits per heavy atom. The van der Waals surface area contributed by atoms with Gasteiger partial charge in [-0.3, -0.25) is 0 Å². The molecule has 0 saturated carbocycles. The second kappa shape index (κ2) is 24.0. The van der Waals surface area contributed by atoms with Crippen molar-refractivity contribution < 1.29 is 104 Å². The van der Waals surface area contributed by atoms with Gasteiger partial charge in [-0.1, -0.05) is 6.42 Å². The molecule has 0 amide bonds. The summed E-state index contributed by atoms with van der Waals surface area (Å²) in [6, 6.07) is 0. The van der Waals surface area contributed by atoms with Crippen molar-refractivity contribution in [1.29, 1.82) is 0 Å². The molecule has 59 heavy (non-hydrogen) atoms. The van der Waals surface area contributed by atoms with Crippen LogP contribution in [0, 0.1) is 0 Å². The van der Waals surface area contributed by atoms with E-state index >= 15 is 0 Å². The number of nitrogens with zero attached hydrogens (tertiary/aromatic N) is 1. The fourth-order valence-corrected chi connectivity index (χ4v) is 7.64.